The van der Waals surface area contributed by atoms with Crippen LogP contribution in [0, 0.1) is 19.8 Å². The minimum atomic E-state index is -1.08. The molecule has 2 aromatic carbocycles. The second kappa shape index (κ2) is 16.6. The predicted molar refractivity (Wildman–Crippen MR) is 181 cm³/mol. The molecule has 2 rings (SSSR count). The average Bonchev–Trinajstić information content (AvgIpc) is 2.92. The van der Waals surface area contributed by atoms with Gasteiger partial charge < -0.3 is 25.0 Å². The fourth-order valence-corrected chi connectivity index (χ4v) is 5.18. The van der Waals surface area contributed by atoms with Gasteiger partial charge in [-0.1, -0.05) is 75.7 Å². The van der Waals surface area contributed by atoms with E-state index in [1.54, 1.807) is 46.4 Å². The molecule has 0 fully saturated rings. The number of benzene rings is 2. The molecule has 0 spiro atoms. The Bertz CT molecular complexity index is 1310. The van der Waals surface area contributed by atoms with Crippen molar-refractivity contribution >= 4 is 23.9 Å². The number of alkyl carbamates (subject to hydrolysis) is 1. The molecule has 0 saturated heterocycles. The SMILES string of the molecule is CCCCN(C(=O)C(NC(=O)OC(C)(C)C)C(C)C)C(C(=O)NC(Cc1ccccc1)C(=O)OC(C)(C)C)c1c(C)cccc1C. The summed E-state index contributed by atoms with van der Waals surface area (Å²) in [6.45, 7) is 20.3. The van der Waals surface area contributed by atoms with E-state index >= 15 is 0 Å². The van der Waals surface area contributed by atoms with Gasteiger partial charge in [-0.15, -0.1) is 0 Å². The third-order valence-electron chi connectivity index (χ3n) is 7.31. The lowest BCUT2D eigenvalue weighted by molar-refractivity contribution is -0.159. The third-order valence-corrected chi connectivity index (χ3v) is 7.31. The van der Waals surface area contributed by atoms with Crippen molar-refractivity contribution < 1.29 is 28.7 Å². The maximum atomic E-state index is 14.6. The number of amides is 3. The highest BCUT2D eigenvalue weighted by Crippen LogP contribution is 2.30. The first-order valence-electron chi connectivity index (χ1n) is 16.3. The number of hydrogen-bond acceptors (Lipinski definition) is 6. The van der Waals surface area contributed by atoms with E-state index in [4.69, 9.17) is 9.47 Å². The zero-order chi connectivity index (χ0) is 34.8. The Labute approximate surface area is 275 Å². The van der Waals surface area contributed by atoms with Crippen molar-refractivity contribution in [3.05, 3.63) is 70.8 Å². The van der Waals surface area contributed by atoms with Crippen LogP contribution in [-0.2, 0) is 30.3 Å². The number of ether oxygens (including phenoxy) is 2. The molecule has 2 aromatic rings. The Morgan fingerprint density at radius 3 is 1.87 bits per heavy atom. The number of carbonyl (C=O) groups is 4. The van der Waals surface area contributed by atoms with E-state index in [1.165, 1.54) is 0 Å². The lowest BCUT2D eigenvalue weighted by atomic mass is 9.92. The lowest BCUT2D eigenvalue weighted by Crippen LogP contribution is -2.56. The van der Waals surface area contributed by atoms with Gasteiger partial charge in [0, 0.05) is 13.0 Å². The molecule has 9 heteroatoms. The third kappa shape index (κ3) is 11.8. The molecule has 0 heterocycles. The van der Waals surface area contributed by atoms with Gasteiger partial charge in [-0.3, -0.25) is 9.59 Å². The largest absolute Gasteiger partial charge is 0.458 e. The van der Waals surface area contributed by atoms with Crippen molar-refractivity contribution in [3.63, 3.8) is 0 Å². The van der Waals surface area contributed by atoms with Crippen molar-refractivity contribution in [2.24, 2.45) is 5.92 Å². The molecule has 3 unspecified atom stereocenters. The number of aryl methyl sites for hydroxylation is 2. The first kappa shape index (κ1) is 38.3. The van der Waals surface area contributed by atoms with Crippen LogP contribution in [0.25, 0.3) is 0 Å². The molecule has 0 aliphatic carbocycles. The number of nitrogens with one attached hydrogen (secondary N) is 2. The normalized spacial score (nSPS) is 13.7. The summed E-state index contributed by atoms with van der Waals surface area (Å²) in [5.74, 6) is -1.79. The van der Waals surface area contributed by atoms with E-state index in [0.717, 1.165) is 23.1 Å². The second-order valence-electron chi connectivity index (χ2n) is 14.2. The molecule has 2 N–H and O–H groups in total. The maximum Gasteiger partial charge on any atom is 0.408 e. The van der Waals surface area contributed by atoms with Gasteiger partial charge in [-0.05, 0) is 90.0 Å². The van der Waals surface area contributed by atoms with Crippen LogP contribution in [0.5, 0.6) is 0 Å². The van der Waals surface area contributed by atoms with Crippen LogP contribution in [0.1, 0.15) is 103 Å². The highest BCUT2D eigenvalue weighted by molar-refractivity contribution is 5.94. The summed E-state index contributed by atoms with van der Waals surface area (Å²) in [6.07, 6.45) is 0.886. The Kier molecular flexibility index (Phi) is 13.8. The van der Waals surface area contributed by atoms with Gasteiger partial charge in [0.15, 0.2) is 0 Å². The van der Waals surface area contributed by atoms with Crippen LogP contribution < -0.4 is 10.6 Å². The molecule has 0 aliphatic rings. The van der Waals surface area contributed by atoms with Gasteiger partial charge in [-0.25, -0.2) is 9.59 Å². The van der Waals surface area contributed by atoms with E-state index in [2.05, 4.69) is 10.6 Å². The number of unbranched alkanes of at least 4 members (excludes halogenated alkanes) is 1. The molecule has 3 amide bonds. The number of hydrogen-bond donors (Lipinski definition) is 2. The molecule has 0 aromatic heterocycles. The van der Waals surface area contributed by atoms with Crippen LogP contribution in [-0.4, -0.2) is 58.6 Å². The van der Waals surface area contributed by atoms with Crippen LogP contribution in [0.2, 0.25) is 0 Å². The van der Waals surface area contributed by atoms with E-state index in [0.29, 0.717) is 12.0 Å². The van der Waals surface area contributed by atoms with Crippen molar-refractivity contribution in [2.45, 2.75) is 125 Å². The fourth-order valence-electron chi connectivity index (χ4n) is 5.18. The molecular weight excluding hydrogens is 582 g/mol. The van der Waals surface area contributed by atoms with Gasteiger partial charge in [0.25, 0.3) is 0 Å². The fraction of sp³-hybridized carbons (Fsp3) is 0.568. The summed E-state index contributed by atoms with van der Waals surface area (Å²) in [4.78, 5) is 57.1. The molecule has 3 atom stereocenters. The lowest BCUT2D eigenvalue weighted by Gasteiger charge is -2.37. The average molecular weight is 638 g/mol. The monoisotopic (exact) mass is 637 g/mol. The summed E-state index contributed by atoms with van der Waals surface area (Å²) in [6, 6.07) is 12.1. The topological polar surface area (TPSA) is 114 Å². The minimum Gasteiger partial charge on any atom is -0.458 e. The number of esters is 1. The highest BCUT2D eigenvalue weighted by atomic mass is 16.6. The van der Waals surface area contributed by atoms with Crippen molar-refractivity contribution in [3.8, 4) is 0 Å². The Balaban J connectivity index is 2.66. The quantitative estimate of drug-likeness (QED) is 0.240. The molecule has 9 nitrogen and oxygen atoms in total. The zero-order valence-electron chi connectivity index (χ0n) is 29.7. The zero-order valence-corrected chi connectivity index (χ0v) is 29.7. The van der Waals surface area contributed by atoms with E-state index in [-0.39, 0.29) is 18.9 Å². The van der Waals surface area contributed by atoms with Gasteiger partial charge >= 0.3 is 12.1 Å². The highest BCUT2D eigenvalue weighted by Gasteiger charge is 2.40. The molecule has 0 aliphatic heterocycles. The van der Waals surface area contributed by atoms with Gasteiger partial charge in [0.2, 0.25) is 11.8 Å². The Hall–Kier alpha value is -3.88. The molecule has 254 valence electrons. The molecule has 46 heavy (non-hydrogen) atoms. The summed E-state index contributed by atoms with van der Waals surface area (Å²) in [5, 5.41) is 5.74. The molecular formula is C37H55N3O6. The van der Waals surface area contributed by atoms with E-state index in [9.17, 15) is 19.2 Å². The Morgan fingerprint density at radius 2 is 1.37 bits per heavy atom. The number of rotatable bonds is 13. The van der Waals surface area contributed by atoms with Gasteiger partial charge in [0.05, 0.1) is 0 Å². The number of nitrogens with zero attached hydrogens (tertiary/aromatic N) is 1. The molecule has 0 bridgehead atoms. The molecule has 0 saturated carbocycles. The predicted octanol–water partition coefficient (Wildman–Crippen LogP) is 6.59. The number of carbonyl (C=O) groups excluding carboxylic acids is 4. The summed E-state index contributed by atoms with van der Waals surface area (Å²) >= 11 is 0. The first-order chi connectivity index (χ1) is 21.3. The van der Waals surface area contributed by atoms with E-state index < -0.39 is 53.2 Å². The summed E-state index contributed by atoms with van der Waals surface area (Å²) in [7, 11) is 0. The maximum absolute atomic E-state index is 14.6. The minimum absolute atomic E-state index is 0.207. The van der Waals surface area contributed by atoms with Crippen molar-refractivity contribution in [1.82, 2.24) is 15.5 Å². The summed E-state index contributed by atoms with van der Waals surface area (Å²) in [5.41, 5.74) is 1.64. The van der Waals surface area contributed by atoms with E-state index in [1.807, 2.05) is 83.1 Å². The van der Waals surface area contributed by atoms with Crippen LogP contribution in [0.4, 0.5) is 4.79 Å². The standard InChI is InChI=1S/C37H55N3O6/c1-12-13-22-40(33(42)30(24(2)3)39-35(44)46-37(9,10)11)31(29-25(4)18-17-19-26(29)5)32(41)38-28(34(43)45-36(6,7)8)23-27-20-15-14-16-21-27/h14-21,24,28,30-31H,12-13,22-23H2,1-11H3,(H,38,41)(H,39,44). The molecule has 0 radical (unpaired) electrons. The first-order valence-corrected chi connectivity index (χ1v) is 16.3. The summed E-state index contributed by atoms with van der Waals surface area (Å²) < 4.78 is 11.2. The van der Waals surface area contributed by atoms with Gasteiger partial charge in [0.1, 0.15) is 29.3 Å². The smallest absolute Gasteiger partial charge is 0.408 e. The van der Waals surface area contributed by atoms with Crippen molar-refractivity contribution in [2.75, 3.05) is 6.54 Å². The van der Waals surface area contributed by atoms with Crippen LogP contribution in [0.15, 0.2) is 48.5 Å². The van der Waals surface area contributed by atoms with Crippen molar-refractivity contribution in [1.29, 1.82) is 0 Å². The Morgan fingerprint density at radius 1 is 0.804 bits per heavy atom. The second-order valence-corrected chi connectivity index (χ2v) is 14.2. The van der Waals surface area contributed by atoms with Gasteiger partial charge in [-0.2, -0.15) is 0 Å². The van der Waals surface area contributed by atoms with Crippen LogP contribution >= 0.6 is 0 Å². The van der Waals surface area contributed by atoms with Crippen LogP contribution in [0.3, 0.4) is 0 Å².